The lowest BCUT2D eigenvalue weighted by Crippen LogP contribution is -2.44. The molecule has 0 saturated heterocycles. The average Bonchev–Trinajstić information content (AvgIpc) is 2.35. The van der Waals surface area contributed by atoms with Crippen molar-refractivity contribution in [3.05, 3.63) is 0 Å². The third kappa shape index (κ3) is 5.52. The lowest BCUT2D eigenvalue weighted by molar-refractivity contribution is -0.143. The molecule has 0 bridgehead atoms. The Balaban J connectivity index is 4.44. The summed E-state index contributed by atoms with van der Waals surface area (Å²) in [4.78, 5) is 23.1. The fourth-order valence-corrected chi connectivity index (χ4v) is 2.18. The van der Waals surface area contributed by atoms with E-state index in [4.69, 9.17) is 5.11 Å². The van der Waals surface area contributed by atoms with Crippen LogP contribution < -0.4 is 5.32 Å². The predicted octanol–water partition coefficient (Wildman–Crippen LogP) is 2.82. The summed E-state index contributed by atoms with van der Waals surface area (Å²) in [6.45, 7) is 8.01. The Labute approximate surface area is 110 Å². The lowest BCUT2D eigenvalue weighted by atomic mass is 9.88. The number of carbonyl (C=O) groups excluding carboxylic acids is 1. The number of aliphatic carboxylic acids is 1. The summed E-state index contributed by atoms with van der Waals surface area (Å²) in [5.41, 5.74) is 0. The molecule has 106 valence electrons. The zero-order chi connectivity index (χ0) is 14.1. The molecule has 0 fully saturated rings. The molecule has 0 radical (unpaired) electrons. The molecular formula is C14H27NO3. The summed E-state index contributed by atoms with van der Waals surface area (Å²) >= 11 is 0. The molecule has 2 unspecified atom stereocenters. The maximum Gasteiger partial charge on any atom is 0.326 e. The minimum absolute atomic E-state index is 0.122. The summed E-state index contributed by atoms with van der Waals surface area (Å²) < 4.78 is 0. The Morgan fingerprint density at radius 2 is 1.72 bits per heavy atom. The highest BCUT2D eigenvalue weighted by molar-refractivity contribution is 5.84. The van der Waals surface area contributed by atoms with Crippen LogP contribution in [0.2, 0.25) is 0 Å². The van der Waals surface area contributed by atoms with Gasteiger partial charge in [-0.15, -0.1) is 0 Å². The standard InChI is InChI=1S/C14H27NO3/c1-5-8-9-12(14(17)18)15-13(16)10(4)11(6-2)7-3/h10-12H,5-9H2,1-4H3,(H,15,16)(H,17,18). The Morgan fingerprint density at radius 3 is 2.11 bits per heavy atom. The molecule has 0 spiro atoms. The van der Waals surface area contributed by atoms with Gasteiger partial charge in [0.25, 0.3) is 0 Å². The first-order valence-corrected chi connectivity index (χ1v) is 7.00. The molecule has 0 aromatic carbocycles. The number of rotatable bonds is 9. The van der Waals surface area contributed by atoms with Crippen molar-refractivity contribution in [2.75, 3.05) is 0 Å². The van der Waals surface area contributed by atoms with Gasteiger partial charge in [0.15, 0.2) is 0 Å². The highest BCUT2D eigenvalue weighted by Crippen LogP contribution is 2.19. The van der Waals surface area contributed by atoms with Crippen LogP contribution in [-0.2, 0) is 9.59 Å². The molecule has 0 aromatic rings. The average molecular weight is 257 g/mol. The lowest BCUT2D eigenvalue weighted by Gasteiger charge is -2.23. The van der Waals surface area contributed by atoms with E-state index in [1.807, 2.05) is 13.8 Å². The second kappa shape index (κ2) is 8.95. The van der Waals surface area contributed by atoms with Gasteiger partial charge in [-0.1, -0.05) is 53.4 Å². The van der Waals surface area contributed by atoms with Gasteiger partial charge in [0.05, 0.1) is 0 Å². The number of hydrogen-bond donors (Lipinski definition) is 2. The molecular weight excluding hydrogens is 230 g/mol. The zero-order valence-corrected chi connectivity index (χ0v) is 12.0. The smallest absolute Gasteiger partial charge is 0.326 e. The van der Waals surface area contributed by atoms with E-state index in [2.05, 4.69) is 19.2 Å². The van der Waals surface area contributed by atoms with Crippen molar-refractivity contribution in [3.8, 4) is 0 Å². The van der Waals surface area contributed by atoms with Crippen LogP contribution in [0.15, 0.2) is 0 Å². The first-order valence-electron chi connectivity index (χ1n) is 7.00. The first-order chi connectivity index (χ1) is 8.47. The van der Waals surface area contributed by atoms with E-state index in [1.54, 1.807) is 0 Å². The van der Waals surface area contributed by atoms with Crippen LogP contribution >= 0.6 is 0 Å². The van der Waals surface area contributed by atoms with Gasteiger partial charge in [-0.2, -0.15) is 0 Å². The van der Waals surface area contributed by atoms with Crippen LogP contribution in [0.4, 0.5) is 0 Å². The number of carboxylic acid groups (broad SMARTS) is 1. The molecule has 2 N–H and O–H groups in total. The van der Waals surface area contributed by atoms with Crippen molar-refractivity contribution in [3.63, 3.8) is 0 Å². The monoisotopic (exact) mass is 257 g/mol. The molecule has 2 atom stereocenters. The molecule has 0 rings (SSSR count). The van der Waals surface area contributed by atoms with Gasteiger partial charge in [-0.25, -0.2) is 4.79 Å². The van der Waals surface area contributed by atoms with Crippen LogP contribution in [0.5, 0.6) is 0 Å². The minimum atomic E-state index is -0.937. The van der Waals surface area contributed by atoms with E-state index in [9.17, 15) is 9.59 Å². The number of nitrogens with one attached hydrogen (secondary N) is 1. The third-order valence-electron chi connectivity index (χ3n) is 3.63. The molecule has 4 nitrogen and oxygen atoms in total. The number of unbranched alkanes of at least 4 members (excludes halogenated alkanes) is 1. The van der Waals surface area contributed by atoms with Crippen molar-refractivity contribution in [2.24, 2.45) is 11.8 Å². The van der Waals surface area contributed by atoms with Crippen molar-refractivity contribution in [1.82, 2.24) is 5.32 Å². The quantitative estimate of drug-likeness (QED) is 0.667. The highest BCUT2D eigenvalue weighted by Gasteiger charge is 2.25. The minimum Gasteiger partial charge on any atom is -0.480 e. The Hall–Kier alpha value is -1.06. The molecule has 0 heterocycles. The van der Waals surface area contributed by atoms with Gasteiger partial charge in [0.1, 0.15) is 6.04 Å². The third-order valence-corrected chi connectivity index (χ3v) is 3.63. The molecule has 1 amide bonds. The number of carbonyl (C=O) groups is 2. The van der Waals surface area contributed by atoms with E-state index in [0.29, 0.717) is 12.3 Å². The van der Waals surface area contributed by atoms with Crippen LogP contribution in [0.3, 0.4) is 0 Å². The number of amides is 1. The van der Waals surface area contributed by atoms with Crippen LogP contribution in [-0.4, -0.2) is 23.0 Å². The van der Waals surface area contributed by atoms with E-state index in [1.165, 1.54) is 0 Å². The maximum atomic E-state index is 12.0. The van der Waals surface area contributed by atoms with Crippen LogP contribution in [0.1, 0.15) is 59.8 Å². The number of carboxylic acids is 1. The molecule has 4 heteroatoms. The fourth-order valence-electron chi connectivity index (χ4n) is 2.18. The Bertz CT molecular complexity index is 262. The van der Waals surface area contributed by atoms with Gasteiger partial charge in [-0.3, -0.25) is 4.79 Å². The zero-order valence-electron chi connectivity index (χ0n) is 12.0. The molecule has 18 heavy (non-hydrogen) atoms. The first kappa shape index (κ1) is 16.9. The number of hydrogen-bond acceptors (Lipinski definition) is 2. The van der Waals surface area contributed by atoms with Crippen LogP contribution in [0, 0.1) is 11.8 Å². The van der Waals surface area contributed by atoms with Crippen molar-refractivity contribution in [2.45, 2.75) is 65.8 Å². The van der Waals surface area contributed by atoms with Crippen molar-refractivity contribution >= 4 is 11.9 Å². The van der Waals surface area contributed by atoms with Crippen molar-refractivity contribution in [1.29, 1.82) is 0 Å². The van der Waals surface area contributed by atoms with Gasteiger partial charge in [0, 0.05) is 5.92 Å². The second-order valence-electron chi connectivity index (χ2n) is 4.91. The Morgan fingerprint density at radius 1 is 1.17 bits per heavy atom. The largest absolute Gasteiger partial charge is 0.480 e. The second-order valence-corrected chi connectivity index (χ2v) is 4.91. The maximum absolute atomic E-state index is 12.0. The normalized spacial score (nSPS) is 14.3. The summed E-state index contributed by atoms with van der Waals surface area (Å²) in [6.07, 6.45) is 4.14. The SMILES string of the molecule is CCCCC(NC(=O)C(C)C(CC)CC)C(=O)O. The summed E-state index contributed by atoms with van der Waals surface area (Å²) in [7, 11) is 0. The summed E-state index contributed by atoms with van der Waals surface area (Å²) in [6, 6.07) is -0.741. The fraction of sp³-hybridized carbons (Fsp3) is 0.857. The van der Waals surface area contributed by atoms with E-state index in [-0.39, 0.29) is 11.8 Å². The summed E-state index contributed by atoms with van der Waals surface area (Å²) in [5, 5.41) is 11.7. The van der Waals surface area contributed by atoms with E-state index in [0.717, 1.165) is 25.7 Å². The molecule has 0 aliphatic rings. The molecule has 0 aliphatic carbocycles. The topological polar surface area (TPSA) is 66.4 Å². The molecule has 0 aliphatic heterocycles. The van der Waals surface area contributed by atoms with E-state index >= 15 is 0 Å². The molecule has 0 saturated carbocycles. The van der Waals surface area contributed by atoms with Crippen LogP contribution in [0.25, 0.3) is 0 Å². The van der Waals surface area contributed by atoms with Crippen molar-refractivity contribution < 1.29 is 14.7 Å². The van der Waals surface area contributed by atoms with Gasteiger partial charge >= 0.3 is 5.97 Å². The summed E-state index contributed by atoms with van der Waals surface area (Å²) in [5.74, 6) is -0.866. The Kier molecular flexibility index (Phi) is 8.42. The van der Waals surface area contributed by atoms with Gasteiger partial charge in [0.2, 0.25) is 5.91 Å². The van der Waals surface area contributed by atoms with Gasteiger partial charge in [-0.05, 0) is 12.3 Å². The van der Waals surface area contributed by atoms with Gasteiger partial charge < -0.3 is 10.4 Å². The predicted molar refractivity (Wildman–Crippen MR) is 72.3 cm³/mol. The van der Waals surface area contributed by atoms with E-state index < -0.39 is 12.0 Å². The highest BCUT2D eigenvalue weighted by atomic mass is 16.4. The molecule has 0 aromatic heterocycles.